The first kappa shape index (κ1) is 28.0. The predicted molar refractivity (Wildman–Crippen MR) is 84.3 cm³/mol. The first-order valence-corrected chi connectivity index (χ1v) is 9.39. The van der Waals surface area contributed by atoms with Crippen LogP contribution in [0.1, 0.15) is 57.1 Å². The molecule has 0 heterocycles. The van der Waals surface area contributed by atoms with E-state index >= 15 is 0 Å². The Labute approximate surface area is 194 Å². The third kappa shape index (κ3) is 14.5. The first-order chi connectivity index (χ1) is 10.9. The second-order valence-electron chi connectivity index (χ2n) is 5.44. The summed E-state index contributed by atoms with van der Waals surface area (Å²) in [4.78, 5) is 33.3. The molecule has 0 spiro atoms. The average Bonchev–Trinajstić information content (AvgIpc) is 2.51. The van der Waals surface area contributed by atoms with Crippen LogP contribution in [0.3, 0.4) is 0 Å². The van der Waals surface area contributed by atoms with Crippen LogP contribution in [0.15, 0.2) is 30.3 Å². The minimum atomic E-state index is -5.07. The van der Waals surface area contributed by atoms with Crippen molar-refractivity contribution in [3.8, 4) is 0 Å². The van der Waals surface area contributed by atoms with Crippen LogP contribution in [0.4, 0.5) is 0 Å². The fourth-order valence-corrected chi connectivity index (χ4v) is 2.56. The van der Waals surface area contributed by atoms with Crippen LogP contribution < -0.4 is 74.2 Å². The van der Waals surface area contributed by atoms with Crippen molar-refractivity contribution in [1.82, 2.24) is 5.32 Å². The molecule has 130 valence electrons. The molecule has 0 aromatic heterocycles. The van der Waals surface area contributed by atoms with Gasteiger partial charge in [-0.25, -0.2) is 0 Å². The summed E-state index contributed by atoms with van der Waals surface area (Å²) in [6, 6.07) is 8.19. The minimum Gasteiger partial charge on any atom is -0.790 e. The zero-order valence-electron chi connectivity index (χ0n) is 15.4. The maximum Gasteiger partial charge on any atom is 1.00 e. The number of amides is 1. The van der Waals surface area contributed by atoms with E-state index in [2.05, 4.69) is 16.8 Å². The largest absolute Gasteiger partial charge is 1.00 e. The third-order valence-electron chi connectivity index (χ3n) is 3.44. The number of phosphoric acid groups is 1. The van der Waals surface area contributed by atoms with Gasteiger partial charge >= 0.3 is 59.1 Å². The van der Waals surface area contributed by atoms with Crippen molar-refractivity contribution in [2.75, 3.05) is 6.61 Å². The Morgan fingerprint density at radius 2 is 1.72 bits per heavy atom. The molecule has 0 fully saturated rings. The topological polar surface area (TPSA) is 102 Å². The van der Waals surface area contributed by atoms with Gasteiger partial charge in [0.05, 0.1) is 20.5 Å². The van der Waals surface area contributed by atoms with Gasteiger partial charge in [0.15, 0.2) is 0 Å². The fourth-order valence-electron chi connectivity index (χ4n) is 2.23. The first-order valence-electron chi connectivity index (χ1n) is 7.93. The number of nitrogens with one attached hydrogen (secondary N) is 1. The van der Waals surface area contributed by atoms with E-state index in [1.165, 1.54) is 0 Å². The molecule has 0 unspecified atom stereocenters. The standard InChI is InChI=1S/C16H26NO5P.2Na/c1-2-3-4-5-9-12-16(18)17-15(13-22-23(19,20)21)14-10-7-6-8-11-14;;/h6-8,10-11,15H,2-5,9,12-13H2,1H3,(H,17,18)(H2,19,20,21);;/q;2*+1/p-2/t15-;;/m1../s1. The van der Waals surface area contributed by atoms with E-state index in [1.807, 2.05) is 6.07 Å². The molecule has 1 atom stereocenters. The molecule has 1 rings (SSSR count). The van der Waals surface area contributed by atoms with Crippen LogP contribution >= 0.6 is 7.82 Å². The number of carbonyl (C=O) groups excluding carboxylic acids is 1. The maximum absolute atomic E-state index is 12.0. The Morgan fingerprint density at radius 1 is 1.12 bits per heavy atom. The van der Waals surface area contributed by atoms with Crippen LogP contribution in [-0.2, 0) is 13.9 Å². The minimum absolute atomic E-state index is 0. The molecule has 25 heavy (non-hydrogen) atoms. The molecular formula is C16H24NNa2O5P. The monoisotopic (exact) mass is 387 g/mol. The van der Waals surface area contributed by atoms with Crippen molar-refractivity contribution < 1.29 is 82.8 Å². The van der Waals surface area contributed by atoms with Gasteiger partial charge in [0.25, 0.3) is 0 Å². The molecule has 0 aliphatic rings. The molecule has 6 nitrogen and oxygen atoms in total. The SMILES string of the molecule is CCCCCCCC(=O)N[C@H](COP(=O)([O-])[O-])c1ccccc1.[Na+].[Na+]. The Kier molecular flexibility index (Phi) is 17.7. The Hall–Kier alpha value is 0.800. The molecule has 0 aliphatic carbocycles. The quantitative estimate of drug-likeness (QED) is 0.237. The molecule has 1 aromatic rings. The van der Waals surface area contributed by atoms with Crippen molar-refractivity contribution in [3.63, 3.8) is 0 Å². The summed E-state index contributed by atoms with van der Waals surface area (Å²) in [5.41, 5.74) is 0.695. The molecule has 1 amide bonds. The molecule has 0 saturated heterocycles. The van der Waals surface area contributed by atoms with Crippen molar-refractivity contribution in [2.45, 2.75) is 51.5 Å². The Bertz CT molecular complexity index is 513. The van der Waals surface area contributed by atoms with E-state index < -0.39 is 20.5 Å². The van der Waals surface area contributed by atoms with E-state index in [4.69, 9.17) is 0 Å². The van der Waals surface area contributed by atoms with Gasteiger partial charge in [0.1, 0.15) is 0 Å². The number of rotatable bonds is 11. The van der Waals surface area contributed by atoms with Gasteiger partial charge in [-0.1, -0.05) is 62.9 Å². The summed E-state index contributed by atoms with van der Waals surface area (Å²) >= 11 is 0. The molecule has 0 saturated carbocycles. The zero-order valence-corrected chi connectivity index (χ0v) is 20.3. The number of unbranched alkanes of at least 4 members (excludes halogenated alkanes) is 4. The number of benzene rings is 1. The van der Waals surface area contributed by atoms with E-state index in [9.17, 15) is 19.1 Å². The van der Waals surface area contributed by atoms with Crippen molar-refractivity contribution in [1.29, 1.82) is 0 Å². The zero-order chi connectivity index (χ0) is 17.1. The molecule has 0 radical (unpaired) electrons. The summed E-state index contributed by atoms with van der Waals surface area (Å²) in [5, 5.41) is 2.73. The van der Waals surface area contributed by atoms with E-state index in [0.29, 0.717) is 12.0 Å². The maximum atomic E-state index is 12.0. The molecule has 9 heteroatoms. The number of phosphoric ester groups is 1. The van der Waals surface area contributed by atoms with Crippen LogP contribution in [0, 0.1) is 0 Å². The van der Waals surface area contributed by atoms with Gasteiger partial charge in [-0.15, -0.1) is 0 Å². The fraction of sp³-hybridized carbons (Fsp3) is 0.562. The van der Waals surface area contributed by atoms with E-state index in [-0.39, 0.29) is 65.0 Å². The normalized spacial score (nSPS) is 11.8. The number of hydrogen-bond acceptors (Lipinski definition) is 5. The molecule has 0 aliphatic heterocycles. The van der Waals surface area contributed by atoms with Crippen molar-refractivity contribution >= 4 is 13.7 Å². The summed E-state index contributed by atoms with van der Waals surface area (Å²) < 4.78 is 15.0. The summed E-state index contributed by atoms with van der Waals surface area (Å²) in [6.45, 7) is 1.73. The van der Waals surface area contributed by atoms with Crippen LogP contribution in [0.2, 0.25) is 0 Å². The van der Waals surface area contributed by atoms with E-state index in [0.717, 1.165) is 32.1 Å². The second kappa shape index (κ2) is 15.8. The van der Waals surface area contributed by atoms with Crippen LogP contribution in [0.5, 0.6) is 0 Å². The number of carbonyl (C=O) groups is 1. The Morgan fingerprint density at radius 3 is 2.28 bits per heavy atom. The summed E-state index contributed by atoms with van der Waals surface area (Å²) in [7, 11) is -5.07. The van der Waals surface area contributed by atoms with E-state index in [1.54, 1.807) is 24.3 Å². The average molecular weight is 387 g/mol. The summed E-state index contributed by atoms with van der Waals surface area (Å²) in [5.74, 6) is -0.175. The predicted octanol–water partition coefficient (Wildman–Crippen LogP) is -3.94. The van der Waals surface area contributed by atoms with Gasteiger partial charge in [-0.05, 0) is 12.0 Å². The summed E-state index contributed by atoms with van der Waals surface area (Å²) in [6.07, 6.45) is 5.55. The molecule has 1 aromatic carbocycles. The van der Waals surface area contributed by atoms with Crippen molar-refractivity contribution in [2.24, 2.45) is 0 Å². The van der Waals surface area contributed by atoms with Gasteiger partial charge < -0.3 is 24.2 Å². The van der Waals surface area contributed by atoms with Gasteiger partial charge in [-0.3, -0.25) is 4.79 Å². The molecule has 0 bridgehead atoms. The smallest absolute Gasteiger partial charge is 0.790 e. The van der Waals surface area contributed by atoms with Gasteiger partial charge in [0, 0.05) is 6.42 Å². The van der Waals surface area contributed by atoms with Gasteiger partial charge in [0.2, 0.25) is 5.91 Å². The second-order valence-corrected chi connectivity index (χ2v) is 6.59. The van der Waals surface area contributed by atoms with Crippen LogP contribution in [-0.4, -0.2) is 12.5 Å². The number of hydrogen-bond donors (Lipinski definition) is 1. The third-order valence-corrected chi connectivity index (χ3v) is 3.91. The Balaban J connectivity index is 0. The van der Waals surface area contributed by atoms with Gasteiger partial charge in [-0.2, -0.15) is 0 Å². The van der Waals surface area contributed by atoms with Crippen molar-refractivity contribution in [3.05, 3.63) is 35.9 Å². The molecule has 1 N–H and O–H groups in total. The van der Waals surface area contributed by atoms with Crippen LogP contribution in [0.25, 0.3) is 0 Å². The molecular weight excluding hydrogens is 363 g/mol.